The van der Waals surface area contributed by atoms with Crippen molar-refractivity contribution in [2.45, 2.75) is 45.2 Å². The first kappa shape index (κ1) is 29.7. The normalized spacial score (nSPS) is 18.2. The van der Waals surface area contributed by atoms with E-state index in [4.69, 9.17) is 0 Å². The molecule has 0 saturated heterocycles. The van der Waals surface area contributed by atoms with Gasteiger partial charge >= 0.3 is 5.97 Å². The Morgan fingerprint density at radius 1 is 1.05 bits per heavy atom. The third kappa shape index (κ3) is 6.36. The second-order valence-corrected chi connectivity index (χ2v) is 13.2. The van der Waals surface area contributed by atoms with Gasteiger partial charge in [0.25, 0.3) is 5.91 Å². The van der Waals surface area contributed by atoms with Crippen molar-refractivity contribution in [3.63, 3.8) is 0 Å². The van der Waals surface area contributed by atoms with E-state index in [1.807, 2.05) is 68.6 Å². The molecule has 0 radical (unpaired) electrons. The average Bonchev–Trinajstić information content (AvgIpc) is 3.64. The smallest absolute Gasteiger partial charge is 0.329 e. The Bertz CT molecular complexity index is 1480. The van der Waals surface area contributed by atoms with Crippen molar-refractivity contribution >= 4 is 39.3 Å². The lowest BCUT2D eigenvalue weighted by Crippen LogP contribution is -2.45. The van der Waals surface area contributed by atoms with Crippen molar-refractivity contribution in [2.24, 2.45) is 5.92 Å². The number of thioether (sulfide) groups is 1. The van der Waals surface area contributed by atoms with Gasteiger partial charge in [-0.15, -0.1) is 0 Å². The summed E-state index contributed by atoms with van der Waals surface area (Å²) in [7, 11) is -3.60. The monoisotopic (exact) mass is 580 g/mol. The summed E-state index contributed by atoms with van der Waals surface area (Å²) in [4.78, 5) is 25.7. The molecule has 0 aliphatic heterocycles. The van der Waals surface area contributed by atoms with E-state index in [9.17, 15) is 23.1 Å². The highest BCUT2D eigenvalue weighted by Crippen LogP contribution is 2.46. The highest BCUT2D eigenvalue weighted by atomic mass is 32.2. The molecule has 212 valence electrons. The molecule has 1 saturated carbocycles. The molecule has 0 aromatic heterocycles. The number of carboxylic acid groups (broad SMARTS) is 1. The van der Waals surface area contributed by atoms with Crippen LogP contribution in [0.25, 0.3) is 11.1 Å². The molecule has 1 fully saturated rings. The molecule has 0 bridgehead atoms. The molecule has 40 heavy (non-hydrogen) atoms. The van der Waals surface area contributed by atoms with Gasteiger partial charge in [-0.1, -0.05) is 61.9 Å². The Labute approximate surface area is 241 Å². The first-order valence-corrected chi connectivity index (χ1v) is 16.4. The summed E-state index contributed by atoms with van der Waals surface area (Å²) in [5, 5.41) is 12.8. The average molecular weight is 581 g/mol. The number of hydrogen-bond donors (Lipinski definition) is 2. The molecule has 0 spiro atoms. The van der Waals surface area contributed by atoms with E-state index in [1.165, 1.54) is 4.31 Å². The van der Waals surface area contributed by atoms with Crippen LogP contribution >= 0.6 is 11.8 Å². The minimum absolute atomic E-state index is 0.0397. The number of hydrogen-bond acceptors (Lipinski definition) is 5. The van der Waals surface area contributed by atoms with E-state index in [0.717, 1.165) is 23.1 Å². The number of benzene rings is 3. The lowest BCUT2D eigenvalue weighted by Gasteiger charge is -2.25. The van der Waals surface area contributed by atoms with Crippen molar-refractivity contribution in [3.05, 3.63) is 89.5 Å². The number of para-hydroxylation sites is 1. The quantitative estimate of drug-likeness (QED) is 0.267. The number of carbonyl (C=O) groups excluding carboxylic acids is 1. The summed E-state index contributed by atoms with van der Waals surface area (Å²) < 4.78 is 28.2. The maximum Gasteiger partial charge on any atom is 0.329 e. The highest BCUT2D eigenvalue weighted by Gasteiger charge is 2.61. The van der Waals surface area contributed by atoms with E-state index >= 15 is 0 Å². The second kappa shape index (κ2) is 12.5. The molecule has 7 nitrogen and oxygen atoms in total. The van der Waals surface area contributed by atoms with E-state index in [-0.39, 0.29) is 18.2 Å². The summed E-state index contributed by atoms with van der Waals surface area (Å²) >= 11 is 1.56. The predicted molar refractivity (Wildman–Crippen MR) is 162 cm³/mol. The fourth-order valence-corrected chi connectivity index (χ4v) is 7.47. The molecule has 9 heteroatoms. The van der Waals surface area contributed by atoms with Gasteiger partial charge in [0.1, 0.15) is 5.54 Å². The highest BCUT2D eigenvalue weighted by molar-refractivity contribution is 7.98. The van der Waals surface area contributed by atoms with Gasteiger partial charge in [-0.3, -0.25) is 9.10 Å². The topological polar surface area (TPSA) is 104 Å². The molecular formula is C31H36N2O5S2. The SMILES string of the molecule is CCCCS(=O)(=O)N(Cc1ccc(C(=O)NC2(C(=O)O)CC2CSC)c(-c2ccccc2C)c1)c1ccccc1. The van der Waals surface area contributed by atoms with Gasteiger partial charge in [-0.25, -0.2) is 13.2 Å². The molecule has 3 aromatic rings. The largest absolute Gasteiger partial charge is 0.479 e. The number of aliphatic carboxylic acids is 1. The number of unbranched alkanes of at least 4 members (excludes halogenated alkanes) is 1. The van der Waals surface area contributed by atoms with Crippen LogP contribution in [0.15, 0.2) is 72.8 Å². The first-order valence-electron chi connectivity index (χ1n) is 13.4. The Kier molecular flexibility index (Phi) is 9.26. The van der Waals surface area contributed by atoms with Crippen molar-refractivity contribution in [1.29, 1.82) is 0 Å². The lowest BCUT2D eigenvalue weighted by molar-refractivity contribution is -0.140. The standard InChI is InChI=1S/C31H36N2O5S2/c1-4-5-17-40(37,38)33(25-12-7-6-8-13-25)20-23-15-16-27(28(18-23)26-14-10-9-11-22(26)2)29(34)32-31(30(35)36)19-24(31)21-39-3/h6-16,18,24H,4-5,17,19-21H2,1-3H3,(H,32,34)(H,35,36). The molecule has 0 heterocycles. The summed E-state index contributed by atoms with van der Waals surface area (Å²) in [6.07, 6.45) is 3.64. The van der Waals surface area contributed by atoms with Crippen molar-refractivity contribution in [3.8, 4) is 11.1 Å². The number of nitrogens with zero attached hydrogens (tertiary/aromatic N) is 1. The molecule has 1 aliphatic carbocycles. The number of sulfonamides is 1. The predicted octanol–water partition coefficient (Wildman–Crippen LogP) is 5.73. The number of aryl methyl sites for hydroxylation is 1. The minimum atomic E-state index is -3.60. The van der Waals surface area contributed by atoms with Gasteiger partial charge in [-0.2, -0.15) is 11.8 Å². The fraction of sp³-hybridized carbons (Fsp3) is 0.355. The van der Waals surface area contributed by atoms with Crippen molar-refractivity contribution < 1.29 is 23.1 Å². The Morgan fingerprint density at radius 2 is 1.75 bits per heavy atom. The molecular weight excluding hydrogens is 544 g/mol. The lowest BCUT2D eigenvalue weighted by atomic mass is 9.93. The van der Waals surface area contributed by atoms with Gasteiger partial charge in [0, 0.05) is 11.5 Å². The zero-order valence-corrected chi connectivity index (χ0v) is 24.7. The molecule has 1 amide bonds. The first-order chi connectivity index (χ1) is 19.1. The molecule has 3 aromatic carbocycles. The zero-order chi connectivity index (χ0) is 28.9. The summed E-state index contributed by atoms with van der Waals surface area (Å²) in [5.41, 5.74) is 2.80. The van der Waals surface area contributed by atoms with Crippen LogP contribution in [0.3, 0.4) is 0 Å². The van der Waals surface area contributed by atoms with Crippen LogP contribution in [0, 0.1) is 12.8 Å². The van der Waals surface area contributed by atoms with E-state index in [0.29, 0.717) is 35.4 Å². The van der Waals surface area contributed by atoms with Crippen LogP contribution < -0.4 is 9.62 Å². The van der Waals surface area contributed by atoms with Crippen LogP contribution in [0.2, 0.25) is 0 Å². The molecule has 2 unspecified atom stereocenters. The third-order valence-electron chi connectivity index (χ3n) is 7.42. The molecule has 1 aliphatic rings. The molecule has 4 rings (SSSR count). The number of nitrogens with one attached hydrogen (secondary N) is 1. The Hall–Kier alpha value is -3.30. The van der Waals surface area contributed by atoms with Gasteiger partial charge < -0.3 is 10.4 Å². The van der Waals surface area contributed by atoms with E-state index < -0.39 is 27.4 Å². The number of anilines is 1. The van der Waals surface area contributed by atoms with E-state index in [1.54, 1.807) is 36.0 Å². The molecule has 2 atom stereocenters. The maximum atomic E-state index is 13.6. The van der Waals surface area contributed by atoms with Crippen LogP contribution in [0.1, 0.15) is 47.7 Å². The van der Waals surface area contributed by atoms with Gasteiger partial charge in [0.15, 0.2) is 0 Å². The number of rotatable bonds is 13. The number of amides is 1. The zero-order valence-electron chi connectivity index (χ0n) is 23.1. The summed E-state index contributed by atoms with van der Waals surface area (Å²) in [6.45, 7) is 4.01. The van der Waals surface area contributed by atoms with Crippen LogP contribution in [-0.4, -0.2) is 48.7 Å². The summed E-state index contributed by atoms with van der Waals surface area (Å²) in [5.74, 6) is -0.912. The maximum absolute atomic E-state index is 13.6. The Balaban J connectivity index is 1.74. The third-order valence-corrected chi connectivity index (χ3v) is 9.97. The van der Waals surface area contributed by atoms with Gasteiger partial charge in [0.2, 0.25) is 10.0 Å². The van der Waals surface area contributed by atoms with Crippen molar-refractivity contribution in [2.75, 3.05) is 22.1 Å². The summed E-state index contributed by atoms with van der Waals surface area (Å²) in [6, 6.07) is 22.0. The molecule has 2 N–H and O–H groups in total. The van der Waals surface area contributed by atoms with Crippen molar-refractivity contribution in [1.82, 2.24) is 5.32 Å². The van der Waals surface area contributed by atoms with Crippen LogP contribution in [0.4, 0.5) is 5.69 Å². The fourth-order valence-electron chi connectivity index (χ4n) is 5.00. The van der Waals surface area contributed by atoms with Crippen LogP contribution in [-0.2, 0) is 21.4 Å². The number of carboxylic acids is 1. The van der Waals surface area contributed by atoms with Gasteiger partial charge in [0.05, 0.1) is 18.0 Å². The number of carbonyl (C=O) groups is 2. The second-order valence-electron chi connectivity index (χ2n) is 10.3. The Morgan fingerprint density at radius 3 is 2.40 bits per heavy atom. The minimum Gasteiger partial charge on any atom is -0.479 e. The van der Waals surface area contributed by atoms with E-state index in [2.05, 4.69) is 5.32 Å². The van der Waals surface area contributed by atoms with Gasteiger partial charge in [-0.05, 0) is 78.3 Å². The van der Waals surface area contributed by atoms with Crippen LogP contribution in [0.5, 0.6) is 0 Å².